The van der Waals surface area contributed by atoms with E-state index in [4.69, 9.17) is 11.8 Å². The van der Waals surface area contributed by atoms with Crippen molar-refractivity contribution >= 4 is 18.1 Å². The van der Waals surface area contributed by atoms with Crippen molar-refractivity contribution in [1.29, 1.82) is 0 Å². The minimum Gasteiger partial charge on any atom is -0.365 e. The van der Waals surface area contributed by atoms with Crippen LogP contribution in [0.1, 0.15) is 68.2 Å². The average Bonchev–Trinajstić information content (AvgIpc) is 1.89. The second kappa shape index (κ2) is 7.05. The number of hydrogen-bond donors (Lipinski definition) is 1. The van der Waals surface area contributed by atoms with E-state index in [1.807, 2.05) is 0 Å². The minimum absolute atomic E-state index is 0.159. The third kappa shape index (κ3) is 10.0. The molecule has 116 valence electrons. The first-order valence-electron chi connectivity index (χ1n) is 7.56. The van der Waals surface area contributed by atoms with E-state index < -0.39 is 6.26 Å². The van der Waals surface area contributed by atoms with Gasteiger partial charge in [0.1, 0.15) is 0 Å². The molecule has 0 aliphatic carbocycles. The third-order valence-electron chi connectivity index (χ3n) is 3.27. The van der Waals surface area contributed by atoms with E-state index in [1.165, 1.54) is 0 Å². The molecule has 0 amide bonds. The summed E-state index contributed by atoms with van der Waals surface area (Å²) in [5.74, 6) is 1.32. The topological polar surface area (TPSA) is 20.2 Å². The molecule has 0 aliphatic rings. The first-order chi connectivity index (χ1) is 8.25. The van der Waals surface area contributed by atoms with Gasteiger partial charge in [0.05, 0.1) is 6.26 Å². The smallest absolute Gasteiger partial charge is 0.0647 e. The summed E-state index contributed by atoms with van der Waals surface area (Å²) in [6.07, 6.45) is 1.69. The average molecular weight is 306 g/mol. The maximum atomic E-state index is 10.7. The summed E-state index contributed by atoms with van der Waals surface area (Å²) in [5.41, 5.74) is 0.318. The molecule has 1 N–H and O–H groups in total. The molecule has 0 radical (unpaired) electrons. The molecule has 0 saturated heterocycles. The van der Waals surface area contributed by atoms with Gasteiger partial charge in [-0.2, -0.15) is 0 Å². The van der Waals surface area contributed by atoms with Crippen LogP contribution in [-0.2, 0) is 11.8 Å². The van der Waals surface area contributed by atoms with Crippen molar-refractivity contribution < 1.29 is 4.89 Å². The predicted octanol–water partition coefficient (Wildman–Crippen LogP) is 5.52. The molecule has 0 aromatic heterocycles. The highest BCUT2D eigenvalue weighted by molar-refractivity contribution is 8.11. The molecule has 3 heteroatoms. The van der Waals surface area contributed by atoms with Gasteiger partial charge in [0, 0.05) is 12.3 Å². The highest BCUT2D eigenvalue weighted by Gasteiger charge is 2.32. The summed E-state index contributed by atoms with van der Waals surface area (Å²) < 4.78 is 0. The molecule has 0 atom stereocenters. The Hall–Kier alpha value is 0.610. The van der Waals surface area contributed by atoms with Crippen LogP contribution >= 0.6 is 6.26 Å². The maximum Gasteiger partial charge on any atom is 0.0647 e. The van der Waals surface area contributed by atoms with E-state index in [1.54, 1.807) is 0 Å². The number of rotatable bonds is 8. The highest BCUT2D eigenvalue weighted by atomic mass is 32.4. The SMILES string of the molecule is CC(C)CC(C)(C)CP(O)(=S)CC(C)(C)CC(C)C. The molecule has 0 aromatic carbocycles. The zero-order chi connectivity index (χ0) is 15.5. The van der Waals surface area contributed by atoms with Crippen LogP contribution in [0, 0.1) is 22.7 Å². The van der Waals surface area contributed by atoms with Gasteiger partial charge in [0.2, 0.25) is 0 Å². The Balaban J connectivity index is 4.67. The molecule has 0 aromatic rings. The van der Waals surface area contributed by atoms with Gasteiger partial charge in [-0.05, 0) is 35.5 Å². The van der Waals surface area contributed by atoms with E-state index >= 15 is 0 Å². The minimum atomic E-state index is -2.21. The largest absolute Gasteiger partial charge is 0.365 e. The van der Waals surface area contributed by atoms with Crippen molar-refractivity contribution in [1.82, 2.24) is 0 Å². The van der Waals surface area contributed by atoms with Crippen molar-refractivity contribution in [3.05, 3.63) is 0 Å². The summed E-state index contributed by atoms with van der Waals surface area (Å²) in [6.45, 7) is 18.0. The van der Waals surface area contributed by atoms with E-state index in [0.717, 1.165) is 25.2 Å². The molecule has 0 saturated carbocycles. The Morgan fingerprint density at radius 2 is 1.11 bits per heavy atom. The molecular formula is C16H35OPS. The fourth-order valence-electron chi connectivity index (χ4n) is 3.73. The van der Waals surface area contributed by atoms with Crippen molar-refractivity contribution in [3.8, 4) is 0 Å². The summed E-state index contributed by atoms with van der Waals surface area (Å²) in [5, 5.41) is 0. The zero-order valence-electron chi connectivity index (χ0n) is 14.3. The first kappa shape index (κ1) is 19.6. The lowest BCUT2D eigenvalue weighted by molar-refractivity contribution is 0.306. The summed E-state index contributed by atoms with van der Waals surface area (Å²) >= 11 is 5.61. The summed E-state index contributed by atoms with van der Waals surface area (Å²) in [4.78, 5) is 10.7. The monoisotopic (exact) mass is 306 g/mol. The quantitative estimate of drug-likeness (QED) is 0.596. The Morgan fingerprint density at radius 3 is 1.32 bits per heavy atom. The van der Waals surface area contributed by atoms with E-state index in [0.29, 0.717) is 11.8 Å². The fourth-order valence-corrected chi connectivity index (χ4v) is 8.88. The molecule has 0 aliphatic heterocycles. The van der Waals surface area contributed by atoms with Gasteiger partial charge < -0.3 is 4.89 Å². The Labute approximate surface area is 126 Å². The van der Waals surface area contributed by atoms with Crippen molar-refractivity contribution in [2.75, 3.05) is 12.3 Å². The van der Waals surface area contributed by atoms with E-state index in [-0.39, 0.29) is 10.8 Å². The lowest BCUT2D eigenvalue weighted by Gasteiger charge is -2.36. The molecule has 0 bridgehead atoms. The third-order valence-corrected chi connectivity index (χ3v) is 6.75. The van der Waals surface area contributed by atoms with Crippen LogP contribution in [0.25, 0.3) is 0 Å². The number of hydrogen-bond acceptors (Lipinski definition) is 1. The standard InChI is InChI=1S/C16H35OPS/c1-13(2)9-15(5,6)11-18(17,19)12-16(7,8)10-14(3)4/h13-14H,9-12H2,1-8H3,(H,17,19). The van der Waals surface area contributed by atoms with Crippen LogP contribution < -0.4 is 0 Å². The molecule has 19 heavy (non-hydrogen) atoms. The second-order valence-electron chi connectivity index (χ2n) is 8.69. The van der Waals surface area contributed by atoms with E-state index in [2.05, 4.69) is 55.4 Å². The molecule has 0 spiro atoms. The fraction of sp³-hybridized carbons (Fsp3) is 1.00. The van der Waals surface area contributed by atoms with Gasteiger partial charge in [0.25, 0.3) is 0 Å². The van der Waals surface area contributed by atoms with Gasteiger partial charge in [-0.15, -0.1) is 0 Å². The molecule has 0 fully saturated rings. The van der Waals surface area contributed by atoms with Crippen molar-refractivity contribution in [3.63, 3.8) is 0 Å². The maximum absolute atomic E-state index is 10.7. The lowest BCUT2D eigenvalue weighted by Crippen LogP contribution is -2.25. The van der Waals surface area contributed by atoms with Gasteiger partial charge in [-0.3, -0.25) is 0 Å². The zero-order valence-corrected chi connectivity index (χ0v) is 16.0. The van der Waals surface area contributed by atoms with Gasteiger partial charge in [-0.25, -0.2) is 0 Å². The van der Waals surface area contributed by atoms with Crippen LogP contribution in [0.5, 0.6) is 0 Å². The van der Waals surface area contributed by atoms with Crippen LogP contribution in [0.2, 0.25) is 0 Å². The van der Waals surface area contributed by atoms with Gasteiger partial charge >= 0.3 is 0 Å². The second-order valence-corrected chi connectivity index (χ2v) is 13.1. The molecule has 0 heterocycles. The first-order valence-corrected chi connectivity index (χ1v) is 10.7. The normalized spacial score (nSPS) is 14.5. The van der Waals surface area contributed by atoms with Crippen LogP contribution in [0.3, 0.4) is 0 Å². The summed E-state index contributed by atoms with van der Waals surface area (Å²) in [6, 6.07) is 0. The molecular weight excluding hydrogens is 271 g/mol. The molecule has 0 rings (SSSR count). The van der Waals surface area contributed by atoms with Gasteiger partial charge in [0.15, 0.2) is 0 Å². The predicted molar refractivity (Wildman–Crippen MR) is 92.7 cm³/mol. The van der Waals surface area contributed by atoms with E-state index in [9.17, 15) is 4.89 Å². The Kier molecular flexibility index (Phi) is 7.28. The van der Waals surface area contributed by atoms with Crippen molar-refractivity contribution in [2.45, 2.75) is 68.2 Å². The van der Waals surface area contributed by atoms with Gasteiger partial charge in [-0.1, -0.05) is 67.2 Å². The summed E-state index contributed by atoms with van der Waals surface area (Å²) in [7, 11) is 0. The van der Waals surface area contributed by atoms with Crippen LogP contribution in [0.4, 0.5) is 0 Å². The molecule has 0 unspecified atom stereocenters. The van der Waals surface area contributed by atoms with Crippen LogP contribution in [0.15, 0.2) is 0 Å². The molecule has 1 nitrogen and oxygen atoms in total. The lowest BCUT2D eigenvalue weighted by atomic mass is 9.86. The van der Waals surface area contributed by atoms with Crippen LogP contribution in [-0.4, -0.2) is 17.2 Å². The Bertz CT molecular complexity index is 291. The highest BCUT2D eigenvalue weighted by Crippen LogP contribution is 2.53. The van der Waals surface area contributed by atoms with Crippen molar-refractivity contribution in [2.24, 2.45) is 22.7 Å². The Morgan fingerprint density at radius 1 is 0.842 bits per heavy atom.